The normalized spacial score (nSPS) is 22.5. The average Bonchev–Trinajstić information content (AvgIpc) is 2.69. The number of nitrogens with one attached hydrogen (secondary N) is 1. The van der Waals surface area contributed by atoms with Crippen molar-refractivity contribution in [2.24, 2.45) is 16.5 Å². The summed E-state index contributed by atoms with van der Waals surface area (Å²) in [6.45, 7) is 2.63. The van der Waals surface area contributed by atoms with Crippen LogP contribution in [0.25, 0.3) is 0 Å². The number of fused-ring (bicyclic) bond motifs is 1. The second kappa shape index (κ2) is 7.54. The van der Waals surface area contributed by atoms with Gasteiger partial charge in [0.05, 0.1) is 17.9 Å². The van der Waals surface area contributed by atoms with E-state index in [0.717, 1.165) is 54.3 Å². The van der Waals surface area contributed by atoms with Gasteiger partial charge >= 0.3 is 6.03 Å². The molecule has 5 N–H and O–H groups in total. The molecule has 3 aliphatic rings. The maximum Gasteiger partial charge on any atom is 0.327 e. The molecule has 1 aromatic rings. The van der Waals surface area contributed by atoms with Gasteiger partial charge in [-0.05, 0) is 24.0 Å². The molecule has 0 spiro atoms. The Labute approximate surface area is 159 Å². The van der Waals surface area contributed by atoms with Gasteiger partial charge in [-0.15, -0.1) is 0 Å². The Balaban J connectivity index is 1.69. The van der Waals surface area contributed by atoms with E-state index in [-0.39, 0.29) is 12.1 Å². The maximum atomic E-state index is 12.7. The van der Waals surface area contributed by atoms with Crippen molar-refractivity contribution in [2.75, 3.05) is 19.6 Å². The highest BCUT2D eigenvalue weighted by Gasteiger charge is 2.30. The van der Waals surface area contributed by atoms with Gasteiger partial charge in [-0.1, -0.05) is 24.3 Å². The summed E-state index contributed by atoms with van der Waals surface area (Å²) >= 11 is 0. The molecule has 1 fully saturated rings. The standard InChI is InChI=1S/C20H26N6O/c21-12-15-5-2-1-4-14(15)10-17-18-11-19(25-8-3-6-16(22)13-25)24-20(27)26(18)9-7-23-17/h1-2,4-5,7,11,16H,3,6,8-10,12-13,21-22H2,(H,24,27). The average molecular weight is 366 g/mol. The van der Waals surface area contributed by atoms with Crippen molar-refractivity contribution in [1.82, 2.24) is 15.1 Å². The van der Waals surface area contributed by atoms with Gasteiger partial charge in [0.25, 0.3) is 0 Å². The molecule has 0 aliphatic carbocycles. The van der Waals surface area contributed by atoms with E-state index in [2.05, 4.69) is 21.3 Å². The fraction of sp³-hybridized carbons (Fsp3) is 0.400. The van der Waals surface area contributed by atoms with Crippen LogP contribution in [0, 0.1) is 0 Å². The Morgan fingerprint density at radius 3 is 2.85 bits per heavy atom. The summed E-state index contributed by atoms with van der Waals surface area (Å²) in [5.74, 6) is 0.822. The highest BCUT2D eigenvalue weighted by atomic mass is 16.2. The zero-order valence-electron chi connectivity index (χ0n) is 15.4. The predicted molar refractivity (Wildman–Crippen MR) is 106 cm³/mol. The van der Waals surface area contributed by atoms with E-state index in [4.69, 9.17) is 11.5 Å². The number of nitrogens with zero attached hydrogens (tertiary/aromatic N) is 3. The van der Waals surface area contributed by atoms with Gasteiger partial charge in [-0.2, -0.15) is 0 Å². The first-order valence-corrected chi connectivity index (χ1v) is 9.49. The van der Waals surface area contributed by atoms with Crippen molar-refractivity contribution in [3.63, 3.8) is 0 Å². The van der Waals surface area contributed by atoms with E-state index in [1.165, 1.54) is 0 Å². The van der Waals surface area contributed by atoms with Gasteiger partial charge in [0.2, 0.25) is 0 Å². The van der Waals surface area contributed by atoms with Crippen LogP contribution in [0.5, 0.6) is 0 Å². The molecule has 1 saturated heterocycles. The summed E-state index contributed by atoms with van der Waals surface area (Å²) in [6, 6.07) is 8.14. The number of urea groups is 1. The first kappa shape index (κ1) is 17.8. The van der Waals surface area contributed by atoms with Crippen LogP contribution in [0.2, 0.25) is 0 Å². The minimum absolute atomic E-state index is 0.114. The molecule has 4 rings (SSSR count). The van der Waals surface area contributed by atoms with Gasteiger partial charge in [0, 0.05) is 44.4 Å². The van der Waals surface area contributed by atoms with E-state index in [1.54, 1.807) is 11.1 Å². The third-order valence-electron chi connectivity index (χ3n) is 5.35. The lowest BCUT2D eigenvalue weighted by molar-refractivity contribution is 0.199. The highest BCUT2D eigenvalue weighted by molar-refractivity contribution is 5.85. The third-order valence-corrected chi connectivity index (χ3v) is 5.35. The number of benzene rings is 1. The molecule has 1 aromatic carbocycles. The van der Waals surface area contributed by atoms with Crippen molar-refractivity contribution < 1.29 is 4.79 Å². The predicted octanol–water partition coefficient (Wildman–Crippen LogP) is 1.27. The summed E-state index contributed by atoms with van der Waals surface area (Å²) in [4.78, 5) is 21.2. The Hall–Kier alpha value is -2.64. The molecule has 1 atom stereocenters. The van der Waals surface area contributed by atoms with E-state index >= 15 is 0 Å². The number of carbonyl (C=O) groups is 1. The Morgan fingerprint density at radius 2 is 2.07 bits per heavy atom. The van der Waals surface area contributed by atoms with Gasteiger partial charge in [0.15, 0.2) is 0 Å². The van der Waals surface area contributed by atoms with Crippen molar-refractivity contribution in [2.45, 2.75) is 31.8 Å². The number of aliphatic imine (C=N–C) groups is 1. The first-order chi connectivity index (χ1) is 13.2. The molecule has 3 aliphatic heterocycles. The zero-order chi connectivity index (χ0) is 18.8. The van der Waals surface area contributed by atoms with Crippen LogP contribution in [0.4, 0.5) is 4.79 Å². The number of carbonyl (C=O) groups excluding carboxylic acids is 1. The molecule has 0 bridgehead atoms. The lowest BCUT2D eigenvalue weighted by atomic mass is 10.0. The van der Waals surface area contributed by atoms with Crippen molar-refractivity contribution in [1.29, 1.82) is 0 Å². The number of allylic oxidation sites excluding steroid dienone is 2. The SMILES string of the molecule is NCc1ccccc1CC1=C2C=C(N3CCCC(N)C3)NC(=O)N2CC=N1. The Kier molecular flexibility index (Phi) is 4.96. The van der Waals surface area contributed by atoms with Crippen LogP contribution in [0.1, 0.15) is 24.0 Å². The summed E-state index contributed by atoms with van der Waals surface area (Å²) in [6.07, 6.45) is 6.53. The van der Waals surface area contributed by atoms with E-state index in [9.17, 15) is 4.79 Å². The van der Waals surface area contributed by atoms with Crippen molar-refractivity contribution in [3.8, 4) is 0 Å². The molecule has 1 unspecified atom stereocenters. The Morgan fingerprint density at radius 1 is 1.26 bits per heavy atom. The number of nitrogens with two attached hydrogens (primary N) is 2. The van der Waals surface area contributed by atoms with Crippen LogP contribution >= 0.6 is 0 Å². The van der Waals surface area contributed by atoms with Gasteiger partial charge in [-0.3, -0.25) is 15.2 Å². The topological polar surface area (TPSA) is 100.0 Å². The summed E-state index contributed by atoms with van der Waals surface area (Å²) in [5.41, 5.74) is 16.0. The molecule has 27 heavy (non-hydrogen) atoms. The minimum atomic E-state index is -0.114. The summed E-state index contributed by atoms with van der Waals surface area (Å²) in [7, 11) is 0. The second-order valence-electron chi connectivity index (χ2n) is 7.21. The fourth-order valence-corrected chi connectivity index (χ4v) is 3.89. The minimum Gasteiger partial charge on any atom is -0.356 e. The lowest BCUT2D eigenvalue weighted by Crippen LogP contribution is -2.51. The molecule has 0 saturated carbocycles. The number of hydrogen-bond donors (Lipinski definition) is 3. The number of hydrogen-bond acceptors (Lipinski definition) is 5. The zero-order valence-corrected chi connectivity index (χ0v) is 15.4. The van der Waals surface area contributed by atoms with Crippen LogP contribution in [0.3, 0.4) is 0 Å². The van der Waals surface area contributed by atoms with E-state index in [0.29, 0.717) is 19.5 Å². The van der Waals surface area contributed by atoms with Crippen LogP contribution in [-0.2, 0) is 13.0 Å². The van der Waals surface area contributed by atoms with Crippen LogP contribution < -0.4 is 16.8 Å². The second-order valence-corrected chi connectivity index (χ2v) is 7.21. The number of likely N-dealkylation sites (tertiary alicyclic amines) is 1. The molecule has 3 heterocycles. The molecule has 7 nitrogen and oxygen atoms in total. The molecule has 0 aromatic heterocycles. The lowest BCUT2D eigenvalue weighted by Gasteiger charge is -2.39. The molecule has 7 heteroatoms. The van der Waals surface area contributed by atoms with Crippen LogP contribution in [0.15, 0.2) is 52.5 Å². The fourth-order valence-electron chi connectivity index (χ4n) is 3.89. The maximum absolute atomic E-state index is 12.7. The highest BCUT2D eigenvalue weighted by Crippen LogP contribution is 2.27. The van der Waals surface area contributed by atoms with Gasteiger partial charge in [0.1, 0.15) is 5.82 Å². The van der Waals surface area contributed by atoms with E-state index < -0.39 is 0 Å². The first-order valence-electron chi connectivity index (χ1n) is 9.49. The van der Waals surface area contributed by atoms with Crippen LogP contribution in [-0.4, -0.2) is 47.7 Å². The van der Waals surface area contributed by atoms with Crippen molar-refractivity contribution >= 4 is 12.2 Å². The molecular weight excluding hydrogens is 340 g/mol. The number of piperidine rings is 1. The molecule has 142 valence electrons. The smallest absolute Gasteiger partial charge is 0.327 e. The van der Waals surface area contributed by atoms with Crippen molar-refractivity contribution in [3.05, 3.63) is 58.7 Å². The third kappa shape index (κ3) is 3.61. The molecular formula is C20H26N6O. The van der Waals surface area contributed by atoms with Gasteiger partial charge < -0.3 is 16.4 Å². The Bertz CT molecular complexity index is 828. The quantitative estimate of drug-likeness (QED) is 0.747. The summed E-state index contributed by atoms with van der Waals surface area (Å²) < 4.78 is 0. The number of amides is 2. The van der Waals surface area contributed by atoms with E-state index in [1.807, 2.05) is 24.3 Å². The molecule has 2 amide bonds. The number of rotatable bonds is 4. The van der Waals surface area contributed by atoms with Gasteiger partial charge in [-0.25, -0.2) is 4.79 Å². The summed E-state index contributed by atoms with van der Waals surface area (Å²) in [5, 5.41) is 3.02. The monoisotopic (exact) mass is 366 g/mol. The largest absolute Gasteiger partial charge is 0.356 e. The molecule has 0 radical (unpaired) electrons.